The van der Waals surface area contributed by atoms with Gasteiger partial charge in [-0.25, -0.2) is 18.6 Å². The fourth-order valence-corrected chi connectivity index (χ4v) is 3.66. The highest BCUT2D eigenvalue weighted by atomic mass is 19.4. The zero-order chi connectivity index (χ0) is 24.0. The van der Waals surface area contributed by atoms with Gasteiger partial charge in [-0.05, 0) is 19.9 Å². The van der Waals surface area contributed by atoms with Crippen molar-refractivity contribution >= 4 is 22.8 Å². The normalized spacial score (nSPS) is 17.5. The van der Waals surface area contributed by atoms with E-state index in [-0.39, 0.29) is 29.6 Å². The summed E-state index contributed by atoms with van der Waals surface area (Å²) in [6.07, 6.45) is -2.31. The Kier molecular flexibility index (Phi) is 5.64. The van der Waals surface area contributed by atoms with Crippen LogP contribution in [0.3, 0.4) is 0 Å². The summed E-state index contributed by atoms with van der Waals surface area (Å²) in [4.78, 5) is 18.1. The zero-order valence-corrected chi connectivity index (χ0v) is 17.4. The number of amides is 2. The van der Waals surface area contributed by atoms with Gasteiger partial charge in [0.25, 0.3) is 0 Å². The number of hydrogen-bond donors (Lipinski definition) is 3. The SMILES string of the molecule is CC1(C)CC(CNC(=O)Nc2cc(F)c(Oc3ccnc4[nH]cc(C(F)(F)F)c34)c(F)c2)O1. The number of anilines is 1. The summed E-state index contributed by atoms with van der Waals surface area (Å²) in [6.45, 7) is 4.04. The lowest BCUT2D eigenvalue weighted by atomic mass is 9.93. The van der Waals surface area contributed by atoms with Crippen LogP contribution in [0.1, 0.15) is 25.8 Å². The molecule has 3 N–H and O–H groups in total. The van der Waals surface area contributed by atoms with Crippen LogP contribution < -0.4 is 15.4 Å². The summed E-state index contributed by atoms with van der Waals surface area (Å²) in [6, 6.07) is 1.95. The lowest BCUT2D eigenvalue weighted by Crippen LogP contribution is -2.51. The summed E-state index contributed by atoms with van der Waals surface area (Å²) < 4.78 is 79.7. The number of benzene rings is 1. The Morgan fingerprint density at radius 2 is 1.97 bits per heavy atom. The quantitative estimate of drug-likeness (QED) is 0.439. The third kappa shape index (κ3) is 4.85. The predicted octanol–water partition coefficient (Wildman–Crippen LogP) is 5.34. The summed E-state index contributed by atoms with van der Waals surface area (Å²) >= 11 is 0. The molecule has 0 bridgehead atoms. The third-order valence-corrected chi connectivity index (χ3v) is 5.00. The smallest absolute Gasteiger partial charge is 0.418 e. The molecule has 3 heterocycles. The Balaban J connectivity index is 1.49. The van der Waals surface area contributed by atoms with E-state index >= 15 is 0 Å². The van der Waals surface area contributed by atoms with E-state index in [0.717, 1.165) is 30.8 Å². The molecule has 0 aliphatic carbocycles. The number of H-pyrrole nitrogens is 1. The number of aromatic amines is 1. The number of pyridine rings is 1. The monoisotopic (exact) mass is 470 g/mol. The summed E-state index contributed by atoms with van der Waals surface area (Å²) in [5.74, 6) is -3.80. The number of alkyl halides is 3. The number of nitrogens with zero attached hydrogens (tertiary/aromatic N) is 1. The molecule has 7 nitrogen and oxygen atoms in total. The molecular weight excluding hydrogens is 451 g/mol. The highest BCUT2D eigenvalue weighted by Crippen LogP contribution is 2.41. The lowest BCUT2D eigenvalue weighted by Gasteiger charge is -2.43. The third-order valence-electron chi connectivity index (χ3n) is 5.00. The van der Waals surface area contributed by atoms with Crippen molar-refractivity contribution in [3.63, 3.8) is 0 Å². The highest BCUT2D eigenvalue weighted by molar-refractivity contribution is 5.89. The average Bonchev–Trinajstić information content (AvgIpc) is 3.13. The minimum atomic E-state index is -4.74. The van der Waals surface area contributed by atoms with E-state index < -0.39 is 46.3 Å². The van der Waals surface area contributed by atoms with Crippen LogP contribution in [-0.2, 0) is 10.9 Å². The molecule has 0 radical (unpaired) electrons. The molecule has 0 saturated carbocycles. The summed E-state index contributed by atoms with van der Waals surface area (Å²) in [7, 11) is 0. The first-order valence-corrected chi connectivity index (χ1v) is 9.86. The lowest BCUT2D eigenvalue weighted by molar-refractivity contribution is -0.180. The maximum absolute atomic E-state index is 14.6. The topological polar surface area (TPSA) is 88.3 Å². The van der Waals surface area contributed by atoms with Gasteiger partial charge in [0.2, 0.25) is 0 Å². The van der Waals surface area contributed by atoms with Crippen LogP contribution in [0.2, 0.25) is 0 Å². The maximum atomic E-state index is 14.6. The van der Waals surface area contributed by atoms with E-state index in [1.807, 2.05) is 13.8 Å². The molecule has 0 spiro atoms. The molecule has 1 fully saturated rings. The number of aromatic nitrogens is 2. The predicted molar refractivity (Wildman–Crippen MR) is 108 cm³/mol. The maximum Gasteiger partial charge on any atom is 0.418 e. The first kappa shape index (κ1) is 22.8. The van der Waals surface area contributed by atoms with E-state index in [9.17, 15) is 26.7 Å². The van der Waals surface area contributed by atoms with Crippen molar-refractivity contribution in [1.82, 2.24) is 15.3 Å². The van der Waals surface area contributed by atoms with Gasteiger partial charge in [-0.3, -0.25) is 0 Å². The van der Waals surface area contributed by atoms with E-state index in [0.29, 0.717) is 6.20 Å². The Bertz CT molecular complexity index is 1180. The van der Waals surface area contributed by atoms with Crippen molar-refractivity contribution in [2.75, 3.05) is 11.9 Å². The van der Waals surface area contributed by atoms with Crippen molar-refractivity contribution in [2.45, 2.75) is 38.1 Å². The van der Waals surface area contributed by atoms with Gasteiger partial charge in [0.05, 0.1) is 22.7 Å². The number of rotatable bonds is 5. The van der Waals surface area contributed by atoms with Gasteiger partial charge < -0.3 is 25.1 Å². The molecule has 12 heteroatoms. The number of ether oxygens (including phenoxy) is 2. The van der Waals surface area contributed by atoms with Gasteiger partial charge in [0.15, 0.2) is 17.4 Å². The van der Waals surface area contributed by atoms with Gasteiger partial charge in [-0.15, -0.1) is 0 Å². The van der Waals surface area contributed by atoms with Crippen molar-refractivity contribution in [1.29, 1.82) is 0 Å². The Labute approximate surface area is 184 Å². The van der Waals surface area contributed by atoms with Crippen LogP contribution in [0, 0.1) is 11.6 Å². The Morgan fingerprint density at radius 1 is 1.30 bits per heavy atom. The van der Waals surface area contributed by atoms with Gasteiger partial charge in [0.1, 0.15) is 11.4 Å². The molecule has 1 aliphatic heterocycles. The molecular formula is C21H19F5N4O3. The number of carbonyl (C=O) groups excluding carboxylic acids is 1. The fourth-order valence-electron chi connectivity index (χ4n) is 3.66. The number of carbonyl (C=O) groups is 1. The molecule has 33 heavy (non-hydrogen) atoms. The number of nitrogens with one attached hydrogen (secondary N) is 3. The van der Waals surface area contributed by atoms with E-state index in [1.54, 1.807) is 0 Å². The Hall–Kier alpha value is -3.41. The van der Waals surface area contributed by atoms with Crippen molar-refractivity contribution < 1.29 is 36.2 Å². The second-order valence-corrected chi connectivity index (χ2v) is 8.14. The molecule has 1 aliphatic rings. The van der Waals surface area contributed by atoms with E-state index in [4.69, 9.17) is 9.47 Å². The minimum absolute atomic E-state index is 0.151. The molecule has 1 atom stereocenters. The highest BCUT2D eigenvalue weighted by Gasteiger charge is 2.37. The molecule has 4 rings (SSSR count). The number of urea groups is 1. The first-order chi connectivity index (χ1) is 15.4. The largest absolute Gasteiger partial charge is 0.450 e. The zero-order valence-electron chi connectivity index (χ0n) is 17.4. The van der Waals surface area contributed by atoms with Gasteiger partial charge >= 0.3 is 12.2 Å². The van der Waals surface area contributed by atoms with Crippen LogP contribution in [0.5, 0.6) is 11.5 Å². The second-order valence-electron chi connectivity index (χ2n) is 8.14. The van der Waals surface area contributed by atoms with E-state index in [2.05, 4.69) is 20.6 Å². The van der Waals surface area contributed by atoms with Crippen LogP contribution >= 0.6 is 0 Å². The number of halogens is 5. The second kappa shape index (κ2) is 8.18. The van der Waals surface area contributed by atoms with E-state index in [1.165, 1.54) is 0 Å². The molecule has 1 saturated heterocycles. The summed E-state index contributed by atoms with van der Waals surface area (Å²) in [5, 5.41) is 4.36. The molecule has 3 aromatic rings. The fraction of sp³-hybridized carbons (Fsp3) is 0.333. The number of fused-ring (bicyclic) bond motifs is 1. The van der Waals surface area contributed by atoms with Gasteiger partial charge in [0, 0.05) is 43.2 Å². The van der Waals surface area contributed by atoms with Gasteiger partial charge in [-0.1, -0.05) is 0 Å². The standard InChI is InChI=1S/C21H19F5N4O3/c1-20(2)7-11(33-20)8-29-19(31)30-10-5-13(22)17(14(23)6-10)32-15-3-4-27-18-16(15)12(9-28-18)21(24,25)26/h3-6,9,11H,7-8H2,1-2H3,(H,27,28)(H2,29,30,31). The van der Waals surface area contributed by atoms with Crippen LogP contribution in [0.15, 0.2) is 30.6 Å². The minimum Gasteiger partial charge on any atom is -0.450 e. The molecule has 176 valence electrons. The van der Waals surface area contributed by atoms with Crippen LogP contribution in [0.4, 0.5) is 32.4 Å². The Morgan fingerprint density at radius 3 is 2.58 bits per heavy atom. The first-order valence-electron chi connectivity index (χ1n) is 9.86. The van der Waals surface area contributed by atoms with Crippen molar-refractivity contribution in [3.8, 4) is 11.5 Å². The number of hydrogen-bond acceptors (Lipinski definition) is 4. The molecule has 1 aromatic carbocycles. The molecule has 1 unspecified atom stereocenters. The van der Waals surface area contributed by atoms with Crippen LogP contribution in [0.25, 0.3) is 11.0 Å². The van der Waals surface area contributed by atoms with Gasteiger partial charge in [-0.2, -0.15) is 13.2 Å². The average molecular weight is 470 g/mol. The molecule has 2 amide bonds. The van der Waals surface area contributed by atoms with Crippen molar-refractivity contribution in [3.05, 3.63) is 47.8 Å². The van der Waals surface area contributed by atoms with Crippen LogP contribution in [-0.4, -0.2) is 34.2 Å². The summed E-state index contributed by atoms with van der Waals surface area (Å²) in [5.41, 5.74) is -1.70. The van der Waals surface area contributed by atoms with Crippen molar-refractivity contribution in [2.24, 2.45) is 0 Å². The molecule has 2 aromatic heterocycles.